The van der Waals surface area contributed by atoms with Crippen molar-refractivity contribution in [3.05, 3.63) is 39.7 Å². The van der Waals surface area contributed by atoms with E-state index in [-0.39, 0.29) is 39.0 Å². The first-order valence-corrected chi connectivity index (χ1v) is 14.4. The predicted molar refractivity (Wildman–Crippen MR) is 165 cm³/mol. The van der Waals surface area contributed by atoms with Gasteiger partial charge in [-0.25, -0.2) is 4.98 Å². The zero-order chi connectivity index (χ0) is 30.7. The average molecular weight is 587 g/mol. The molecule has 43 heavy (non-hydrogen) atoms. The summed E-state index contributed by atoms with van der Waals surface area (Å²) >= 11 is 0. The van der Waals surface area contributed by atoms with Gasteiger partial charge in [0.1, 0.15) is 28.1 Å². The Morgan fingerprint density at radius 3 is 2.40 bits per heavy atom. The number of furan rings is 1. The molecule has 3 heterocycles. The summed E-state index contributed by atoms with van der Waals surface area (Å²) in [5, 5.41) is 14.9. The molecule has 1 aliphatic rings. The van der Waals surface area contributed by atoms with Crippen LogP contribution < -0.4 is 20.4 Å². The van der Waals surface area contributed by atoms with Crippen LogP contribution in [0.5, 0.6) is 11.5 Å². The molecule has 3 aromatic carbocycles. The standard InChI is InChI=1S/C32H34N4O7/c1-15(2)14-35-7-9-36(10-8-35)20-12-22(42-19(6)38)26-23(13-20)43-32-27(34-26)24-21-11-16(3)41-31(21)17(4)29(39)25(24)30(40)28(32)33-18(5)37/h11-13,15,40H,7-10,14H2,1-6H3,(H,33,37). The normalized spacial score (nSPS) is 14.4. The number of aryl methyl sites for hydroxylation is 2. The molecule has 0 unspecified atom stereocenters. The number of phenolic OH excluding ortho intramolecular Hbond substituents is 1. The van der Waals surface area contributed by atoms with Crippen molar-refractivity contribution in [3.8, 4) is 11.5 Å². The number of ether oxygens (including phenoxy) is 1. The number of fused-ring (bicyclic) bond motifs is 6. The summed E-state index contributed by atoms with van der Waals surface area (Å²) in [5.41, 5.74) is 1.76. The van der Waals surface area contributed by atoms with E-state index in [1.54, 1.807) is 26.0 Å². The smallest absolute Gasteiger partial charge is 0.308 e. The first-order chi connectivity index (χ1) is 20.4. The van der Waals surface area contributed by atoms with Crippen molar-refractivity contribution in [2.45, 2.75) is 41.5 Å². The molecule has 5 aromatic rings. The van der Waals surface area contributed by atoms with Gasteiger partial charge in [0.05, 0.1) is 5.39 Å². The van der Waals surface area contributed by atoms with Crippen LogP contribution in [0.1, 0.15) is 39.0 Å². The van der Waals surface area contributed by atoms with Crippen LogP contribution in [0.3, 0.4) is 0 Å². The van der Waals surface area contributed by atoms with Gasteiger partial charge >= 0.3 is 5.97 Å². The van der Waals surface area contributed by atoms with Gasteiger partial charge in [0.2, 0.25) is 5.91 Å². The van der Waals surface area contributed by atoms with Crippen LogP contribution in [-0.4, -0.2) is 59.6 Å². The lowest BCUT2D eigenvalue weighted by atomic mass is 9.98. The molecular weight excluding hydrogens is 552 g/mol. The van der Waals surface area contributed by atoms with Gasteiger partial charge in [-0.05, 0) is 25.8 Å². The Kier molecular flexibility index (Phi) is 7.00. The van der Waals surface area contributed by atoms with E-state index in [2.05, 4.69) is 29.0 Å². The molecule has 1 amide bonds. The Balaban J connectivity index is 1.66. The van der Waals surface area contributed by atoms with E-state index in [1.807, 2.05) is 6.07 Å². The summed E-state index contributed by atoms with van der Waals surface area (Å²) in [6.07, 6.45) is 0. The van der Waals surface area contributed by atoms with E-state index < -0.39 is 23.1 Å². The highest BCUT2D eigenvalue weighted by atomic mass is 16.5. The van der Waals surface area contributed by atoms with Crippen molar-refractivity contribution in [2.24, 2.45) is 5.92 Å². The summed E-state index contributed by atoms with van der Waals surface area (Å²) in [5.74, 6) is -0.0768. The second-order valence-corrected chi connectivity index (χ2v) is 11.7. The van der Waals surface area contributed by atoms with Crippen LogP contribution in [0, 0.1) is 19.8 Å². The third kappa shape index (κ3) is 4.93. The zero-order valence-corrected chi connectivity index (χ0v) is 25.1. The molecule has 0 atom stereocenters. The lowest BCUT2D eigenvalue weighted by molar-refractivity contribution is -0.131. The Labute approximate surface area is 247 Å². The van der Waals surface area contributed by atoms with E-state index in [4.69, 9.17) is 18.6 Å². The zero-order valence-electron chi connectivity index (χ0n) is 25.1. The number of benzene rings is 3. The molecule has 1 saturated heterocycles. The predicted octanol–water partition coefficient (Wildman–Crippen LogP) is 5.22. The van der Waals surface area contributed by atoms with Gasteiger partial charge in [0.15, 0.2) is 28.1 Å². The van der Waals surface area contributed by atoms with E-state index >= 15 is 0 Å². The van der Waals surface area contributed by atoms with Crippen LogP contribution in [0.15, 0.2) is 31.8 Å². The number of aromatic hydroxyl groups is 1. The van der Waals surface area contributed by atoms with Gasteiger partial charge in [0, 0.05) is 80.7 Å². The summed E-state index contributed by atoms with van der Waals surface area (Å²) in [6.45, 7) is 14.7. The third-order valence-corrected chi connectivity index (χ3v) is 7.81. The maximum atomic E-state index is 13.6. The van der Waals surface area contributed by atoms with Crippen LogP contribution >= 0.6 is 0 Å². The largest absolute Gasteiger partial charge is 0.505 e. The fourth-order valence-corrected chi connectivity index (χ4v) is 6.05. The van der Waals surface area contributed by atoms with Gasteiger partial charge in [0.25, 0.3) is 0 Å². The number of nitrogens with zero attached hydrogens (tertiary/aromatic N) is 3. The van der Waals surface area contributed by atoms with Gasteiger partial charge in [-0.2, -0.15) is 0 Å². The number of hydrogen-bond donors (Lipinski definition) is 2. The maximum Gasteiger partial charge on any atom is 0.308 e. The van der Waals surface area contributed by atoms with Crippen LogP contribution in [-0.2, 0) is 9.59 Å². The molecular formula is C32H34N4O7. The van der Waals surface area contributed by atoms with Crippen molar-refractivity contribution < 1.29 is 28.3 Å². The number of nitrogens with one attached hydrogen (secondary N) is 1. The highest BCUT2D eigenvalue weighted by molar-refractivity contribution is 6.24. The van der Waals surface area contributed by atoms with Gasteiger partial charge < -0.3 is 28.9 Å². The van der Waals surface area contributed by atoms with E-state index in [9.17, 15) is 19.5 Å². The Bertz CT molecular complexity index is 2020. The number of carbonyl (C=O) groups excluding carboxylic acids is 2. The summed E-state index contributed by atoms with van der Waals surface area (Å²) in [6, 6.07) is 5.35. The number of phenols is 1. The van der Waals surface area contributed by atoms with E-state index in [0.29, 0.717) is 33.6 Å². The minimum absolute atomic E-state index is 0.0194. The molecule has 1 aliphatic heterocycles. The molecule has 0 spiro atoms. The second kappa shape index (κ2) is 10.6. The average Bonchev–Trinajstić information content (AvgIpc) is 3.33. The number of anilines is 2. The topological polar surface area (TPSA) is 138 Å². The Hall–Kier alpha value is -4.64. The molecule has 11 heteroatoms. The fourth-order valence-electron chi connectivity index (χ4n) is 6.05. The lowest BCUT2D eigenvalue weighted by Crippen LogP contribution is -2.47. The number of amides is 1. The minimum atomic E-state index is -0.526. The summed E-state index contributed by atoms with van der Waals surface area (Å²) < 4.78 is 17.9. The van der Waals surface area contributed by atoms with Crippen LogP contribution in [0.2, 0.25) is 0 Å². The molecule has 224 valence electrons. The molecule has 0 aliphatic carbocycles. The minimum Gasteiger partial charge on any atom is -0.505 e. The fraction of sp³-hybridized carbons (Fsp3) is 0.375. The van der Waals surface area contributed by atoms with Crippen molar-refractivity contribution in [3.63, 3.8) is 0 Å². The number of esters is 1. The number of hydrogen-bond acceptors (Lipinski definition) is 10. The molecule has 11 nitrogen and oxygen atoms in total. The SMILES string of the molecule is CC(=O)Nc1c(O)c2c(=O)c(C)c3oc(C)cc3c2c2nc3c(OC(C)=O)cc(N4CCN(CC(C)C)CC4)cc3oc12. The monoisotopic (exact) mass is 586 g/mol. The molecule has 0 saturated carbocycles. The van der Waals surface area contributed by atoms with E-state index in [0.717, 1.165) is 38.4 Å². The van der Waals surface area contributed by atoms with Crippen LogP contribution in [0.4, 0.5) is 11.4 Å². The number of aromatic nitrogens is 1. The molecule has 2 N–H and O–H groups in total. The van der Waals surface area contributed by atoms with E-state index in [1.165, 1.54) is 13.8 Å². The molecule has 0 bridgehead atoms. The van der Waals surface area contributed by atoms with Crippen molar-refractivity contribution in [1.29, 1.82) is 0 Å². The molecule has 0 radical (unpaired) electrons. The van der Waals surface area contributed by atoms with Gasteiger partial charge in [-0.15, -0.1) is 0 Å². The summed E-state index contributed by atoms with van der Waals surface area (Å²) in [7, 11) is 0. The Morgan fingerprint density at radius 2 is 1.74 bits per heavy atom. The first-order valence-electron chi connectivity index (χ1n) is 14.4. The second-order valence-electron chi connectivity index (χ2n) is 11.7. The number of piperazine rings is 1. The third-order valence-electron chi connectivity index (χ3n) is 7.81. The highest BCUT2D eigenvalue weighted by Crippen LogP contribution is 2.45. The van der Waals surface area contributed by atoms with Gasteiger partial charge in [-0.1, -0.05) is 13.8 Å². The van der Waals surface area contributed by atoms with Crippen LogP contribution in [0.25, 0.3) is 43.9 Å². The highest BCUT2D eigenvalue weighted by Gasteiger charge is 2.27. The molecule has 2 aromatic heterocycles. The van der Waals surface area contributed by atoms with Gasteiger partial charge in [-0.3, -0.25) is 19.3 Å². The molecule has 6 rings (SSSR count). The van der Waals surface area contributed by atoms with Crippen molar-refractivity contribution in [1.82, 2.24) is 9.88 Å². The lowest BCUT2D eigenvalue weighted by Gasteiger charge is -2.37. The maximum absolute atomic E-state index is 13.6. The number of rotatable bonds is 5. The molecule has 1 fully saturated rings. The quantitative estimate of drug-likeness (QED) is 0.0926. The summed E-state index contributed by atoms with van der Waals surface area (Å²) in [4.78, 5) is 47.5. The first kappa shape index (κ1) is 28.5. The Morgan fingerprint density at radius 1 is 1.02 bits per heavy atom. The number of carbonyl (C=O) groups is 2. The van der Waals surface area contributed by atoms with Crippen molar-refractivity contribution in [2.75, 3.05) is 42.9 Å². The van der Waals surface area contributed by atoms with Crippen molar-refractivity contribution >= 4 is 67.2 Å².